The van der Waals surface area contributed by atoms with Gasteiger partial charge in [0.25, 0.3) is 11.8 Å². The zero-order valence-electron chi connectivity index (χ0n) is 21.0. The quantitative estimate of drug-likeness (QED) is 0.382. The summed E-state index contributed by atoms with van der Waals surface area (Å²) < 4.78 is 5.49. The Labute approximate surface area is 215 Å². The highest BCUT2D eigenvalue weighted by atomic mass is 16.3. The summed E-state index contributed by atoms with van der Waals surface area (Å²) >= 11 is 0. The number of furan rings is 1. The lowest BCUT2D eigenvalue weighted by atomic mass is 10.0. The van der Waals surface area contributed by atoms with Gasteiger partial charge in [0.2, 0.25) is 5.91 Å². The minimum absolute atomic E-state index is 0.00757. The van der Waals surface area contributed by atoms with Crippen LogP contribution in [-0.4, -0.2) is 34.7 Å². The Morgan fingerprint density at radius 1 is 1.00 bits per heavy atom. The average molecular weight is 503 g/mol. The highest BCUT2D eigenvalue weighted by molar-refractivity contribution is 6.06. The average Bonchev–Trinajstić information content (AvgIpc) is 3.48. The largest absolute Gasteiger partial charge is 0.467 e. The van der Waals surface area contributed by atoms with Crippen LogP contribution in [0.4, 0.5) is 10.5 Å². The monoisotopic (exact) mass is 502 g/mol. The van der Waals surface area contributed by atoms with Crippen molar-refractivity contribution < 1.29 is 23.6 Å². The number of imide groups is 1. The van der Waals surface area contributed by atoms with Gasteiger partial charge in [-0.3, -0.25) is 19.7 Å². The Bertz CT molecular complexity index is 1270. The SMILES string of the molecule is Cc1ccc([C@@H](C(=O)Nc2ccc(C(C)C)cc2)N(Cc2ccco2)C(=O)C[C@@H]2NC(=O)NC2=O)cc1. The first-order valence-electron chi connectivity index (χ1n) is 12.1. The zero-order chi connectivity index (χ0) is 26.5. The van der Waals surface area contributed by atoms with Crippen LogP contribution in [0.5, 0.6) is 0 Å². The van der Waals surface area contributed by atoms with E-state index in [-0.39, 0.29) is 13.0 Å². The molecule has 0 spiro atoms. The van der Waals surface area contributed by atoms with Crippen LogP contribution in [-0.2, 0) is 20.9 Å². The van der Waals surface area contributed by atoms with Gasteiger partial charge in [-0.15, -0.1) is 0 Å². The van der Waals surface area contributed by atoms with Crippen molar-refractivity contribution in [2.45, 2.75) is 51.7 Å². The number of carbonyl (C=O) groups excluding carboxylic acids is 4. The van der Waals surface area contributed by atoms with Crippen molar-refractivity contribution in [3.05, 3.63) is 89.4 Å². The van der Waals surface area contributed by atoms with Crippen LogP contribution in [0.3, 0.4) is 0 Å². The number of nitrogens with zero attached hydrogens (tertiary/aromatic N) is 1. The van der Waals surface area contributed by atoms with Crippen molar-refractivity contribution in [1.82, 2.24) is 15.5 Å². The number of rotatable bonds is 9. The van der Waals surface area contributed by atoms with Crippen LogP contribution >= 0.6 is 0 Å². The topological polar surface area (TPSA) is 121 Å². The van der Waals surface area contributed by atoms with Gasteiger partial charge < -0.3 is 20.0 Å². The number of benzene rings is 2. The maximum Gasteiger partial charge on any atom is 0.322 e. The first-order valence-corrected chi connectivity index (χ1v) is 12.1. The van der Waals surface area contributed by atoms with E-state index in [1.54, 1.807) is 24.3 Å². The van der Waals surface area contributed by atoms with E-state index >= 15 is 0 Å². The van der Waals surface area contributed by atoms with E-state index in [4.69, 9.17) is 4.42 Å². The number of anilines is 1. The molecule has 2 heterocycles. The molecule has 1 fully saturated rings. The highest BCUT2D eigenvalue weighted by Crippen LogP contribution is 2.28. The van der Waals surface area contributed by atoms with Gasteiger partial charge in [0.1, 0.15) is 17.8 Å². The van der Waals surface area contributed by atoms with E-state index < -0.39 is 35.8 Å². The molecule has 9 nitrogen and oxygen atoms in total. The summed E-state index contributed by atoms with van der Waals surface area (Å²) in [5.41, 5.74) is 3.34. The first kappa shape index (κ1) is 25.7. The molecule has 1 aliphatic heterocycles. The summed E-state index contributed by atoms with van der Waals surface area (Å²) in [5.74, 6) is -0.673. The molecular weight excluding hydrogens is 472 g/mol. The van der Waals surface area contributed by atoms with Crippen molar-refractivity contribution >= 4 is 29.4 Å². The maximum absolute atomic E-state index is 13.8. The third kappa shape index (κ3) is 6.24. The Balaban J connectivity index is 1.67. The molecule has 0 radical (unpaired) electrons. The number of carbonyl (C=O) groups is 4. The Hall–Kier alpha value is -4.40. The molecule has 2 atom stereocenters. The van der Waals surface area contributed by atoms with E-state index in [2.05, 4.69) is 29.8 Å². The maximum atomic E-state index is 13.8. The lowest BCUT2D eigenvalue weighted by Gasteiger charge is -2.31. The molecule has 3 N–H and O–H groups in total. The number of hydrogen-bond donors (Lipinski definition) is 3. The molecule has 192 valence electrons. The summed E-state index contributed by atoms with van der Waals surface area (Å²) in [6.07, 6.45) is 1.18. The second-order valence-electron chi connectivity index (χ2n) is 9.40. The lowest BCUT2D eigenvalue weighted by Crippen LogP contribution is -2.44. The fourth-order valence-corrected chi connectivity index (χ4v) is 4.17. The van der Waals surface area contributed by atoms with Gasteiger partial charge >= 0.3 is 6.03 Å². The van der Waals surface area contributed by atoms with E-state index in [0.29, 0.717) is 22.9 Å². The second-order valence-corrected chi connectivity index (χ2v) is 9.40. The normalized spacial score (nSPS) is 15.7. The van der Waals surface area contributed by atoms with E-state index in [0.717, 1.165) is 11.1 Å². The number of urea groups is 1. The summed E-state index contributed by atoms with van der Waals surface area (Å²) in [5, 5.41) is 7.51. The second kappa shape index (κ2) is 11.1. The van der Waals surface area contributed by atoms with Gasteiger partial charge in [-0.05, 0) is 48.2 Å². The molecule has 0 unspecified atom stereocenters. The molecule has 0 aliphatic carbocycles. The van der Waals surface area contributed by atoms with Crippen molar-refractivity contribution in [2.75, 3.05) is 5.32 Å². The van der Waals surface area contributed by atoms with Crippen LogP contribution < -0.4 is 16.0 Å². The van der Waals surface area contributed by atoms with Crippen LogP contribution in [0, 0.1) is 6.92 Å². The van der Waals surface area contributed by atoms with Gasteiger partial charge in [0.15, 0.2) is 0 Å². The fourth-order valence-electron chi connectivity index (χ4n) is 4.17. The summed E-state index contributed by atoms with van der Waals surface area (Å²) in [6, 6.07) is 15.6. The Morgan fingerprint density at radius 3 is 2.24 bits per heavy atom. The van der Waals surface area contributed by atoms with E-state index in [1.165, 1.54) is 11.2 Å². The van der Waals surface area contributed by atoms with Gasteiger partial charge in [0.05, 0.1) is 19.2 Å². The van der Waals surface area contributed by atoms with Gasteiger partial charge in [-0.25, -0.2) is 4.79 Å². The number of nitrogens with one attached hydrogen (secondary N) is 3. The lowest BCUT2D eigenvalue weighted by molar-refractivity contribution is -0.141. The molecule has 4 rings (SSSR count). The highest BCUT2D eigenvalue weighted by Gasteiger charge is 2.37. The standard InChI is InChI=1S/C28H30N4O5/c1-17(2)19-10-12-21(13-11-19)29-27(35)25(20-8-6-18(3)7-9-20)32(16-22-5-4-14-37-22)24(33)15-23-26(34)31-28(36)30-23/h4-14,17,23,25H,15-16H2,1-3H3,(H,29,35)(H2,30,31,34,36)/t23-,25-/m0/s1. The number of amides is 5. The third-order valence-electron chi connectivity index (χ3n) is 6.26. The fraction of sp³-hybridized carbons (Fsp3) is 0.286. The summed E-state index contributed by atoms with van der Waals surface area (Å²) in [7, 11) is 0. The summed E-state index contributed by atoms with van der Waals surface area (Å²) in [6.45, 7) is 6.10. The summed E-state index contributed by atoms with van der Waals surface area (Å²) in [4.78, 5) is 52.5. The minimum Gasteiger partial charge on any atom is -0.467 e. The molecule has 2 aromatic carbocycles. The third-order valence-corrected chi connectivity index (χ3v) is 6.26. The van der Waals surface area contributed by atoms with Gasteiger partial charge in [-0.2, -0.15) is 0 Å². The molecule has 1 aliphatic rings. The molecule has 3 aromatic rings. The molecule has 1 saturated heterocycles. The van der Waals surface area contributed by atoms with Gasteiger partial charge in [0, 0.05) is 5.69 Å². The molecule has 5 amide bonds. The van der Waals surface area contributed by atoms with Crippen LogP contribution in [0.2, 0.25) is 0 Å². The Morgan fingerprint density at radius 2 is 1.68 bits per heavy atom. The predicted octanol–water partition coefficient (Wildman–Crippen LogP) is 4.02. The van der Waals surface area contributed by atoms with Crippen LogP contribution in [0.15, 0.2) is 71.3 Å². The van der Waals surface area contributed by atoms with Gasteiger partial charge in [-0.1, -0.05) is 55.8 Å². The smallest absolute Gasteiger partial charge is 0.322 e. The van der Waals surface area contributed by atoms with E-state index in [9.17, 15) is 19.2 Å². The van der Waals surface area contributed by atoms with Crippen LogP contribution in [0.1, 0.15) is 54.7 Å². The molecule has 37 heavy (non-hydrogen) atoms. The minimum atomic E-state index is -1.02. The van der Waals surface area contributed by atoms with Crippen molar-refractivity contribution in [3.63, 3.8) is 0 Å². The molecule has 1 aromatic heterocycles. The van der Waals surface area contributed by atoms with Crippen molar-refractivity contribution in [1.29, 1.82) is 0 Å². The zero-order valence-corrected chi connectivity index (χ0v) is 21.0. The predicted molar refractivity (Wildman–Crippen MR) is 137 cm³/mol. The molecule has 9 heteroatoms. The number of aryl methyl sites for hydroxylation is 1. The Kier molecular flexibility index (Phi) is 7.71. The van der Waals surface area contributed by atoms with Crippen molar-refractivity contribution in [2.24, 2.45) is 0 Å². The number of hydrogen-bond acceptors (Lipinski definition) is 5. The molecular formula is C28H30N4O5. The molecule has 0 bridgehead atoms. The van der Waals surface area contributed by atoms with Crippen molar-refractivity contribution in [3.8, 4) is 0 Å². The van der Waals surface area contributed by atoms with Crippen LogP contribution in [0.25, 0.3) is 0 Å². The van der Waals surface area contributed by atoms with E-state index in [1.807, 2.05) is 43.3 Å². The molecule has 0 saturated carbocycles. The first-order chi connectivity index (χ1) is 17.7.